The number of unbranched alkanes of at least 4 members (excludes halogenated alkanes) is 2. The minimum atomic E-state index is -0.270. The molecule has 0 unspecified atom stereocenters. The number of H-pyrrole nitrogens is 2. The molecule has 1 aliphatic rings. The van der Waals surface area contributed by atoms with Crippen molar-refractivity contribution in [2.45, 2.75) is 32.6 Å². The van der Waals surface area contributed by atoms with Crippen LogP contribution in [0.5, 0.6) is 11.6 Å². The predicted molar refractivity (Wildman–Crippen MR) is 93.4 cm³/mol. The minimum Gasteiger partial charge on any atom is -0.440 e. The van der Waals surface area contributed by atoms with Crippen LogP contribution in [0.1, 0.15) is 47.7 Å². The first-order chi connectivity index (χ1) is 11.6. The Morgan fingerprint density at radius 2 is 2.17 bits per heavy atom. The lowest BCUT2D eigenvalue weighted by atomic mass is 10.0. The number of aromatic nitrogens is 2. The molecule has 2 heterocycles. The SMILES string of the molecule is CCCCCNC(=O)c1ccc2c(c1)Cc1c([nH]c(=S)[nH]c1=O)O2. The van der Waals surface area contributed by atoms with E-state index < -0.39 is 0 Å². The number of hydrogen-bond donors (Lipinski definition) is 3. The summed E-state index contributed by atoms with van der Waals surface area (Å²) in [7, 11) is 0. The number of nitrogens with one attached hydrogen (secondary N) is 3. The number of ether oxygens (including phenoxy) is 1. The van der Waals surface area contributed by atoms with Gasteiger partial charge in [-0.1, -0.05) is 19.8 Å². The molecule has 3 rings (SSSR count). The van der Waals surface area contributed by atoms with Crippen molar-refractivity contribution in [3.63, 3.8) is 0 Å². The van der Waals surface area contributed by atoms with Crippen LogP contribution in [0.15, 0.2) is 23.0 Å². The molecular formula is C17H19N3O3S. The van der Waals surface area contributed by atoms with Crippen LogP contribution in [0.4, 0.5) is 0 Å². The van der Waals surface area contributed by atoms with Crippen molar-refractivity contribution in [3.05, 3.63) is 50.0 Å². The molecule has 0 aliphatic carbocycles. The van der Waals surface area contributed by atoms with Crippen molar-refractivity contribution in [1.82, 2.24) is 15.3 Å². The number of carbonyl (C=O) groups excluding carboxylic acids is 1. The largest absolute Gasteiger partial charge is 0.440 e. The van der Waals surface area contributed by atoms with Crippen molar-refractivity contribution >= 4 is 18.1 Å². The number of amides is 1. The second kappa shape index (κ2) is 7.00. The molecule has 1 aromatic carbocycles. The highest BCUT2D eigenvalue weighted by Crippen LogP contribution is 2.33. The maximum atomic E-state index is 12.2. The standard InChI is InChI=1S/C17H19N3O3S/c1-2-3-4-7-18-14(21)10-5-6-13-11(8-10)9-12-15(22)19-17(24)20-16(12)23-13/h5-6,8H,2-4,7,9H2,1H3,(H,18,21)(H2,19,20,22,24). The number of hydrogen-bond acceptors (Lipinski definition) is 4. The first-order valence-electron chi connectivity index (χ1n) is 8.03. The third-order valence-corrected chi connectivity index (χ3v) is 4.17. The highest BCUT2D eigenvalue weighted by Gasteiger charge is 2.21. The zero-order valence-electron chi connectivity index (χ0n) is 13.4. The third kappa shape index (κ3) is 3.41. The molecule has 6 nitrogen and oxygen atoms in total. The van der Waals surface area contributed by atoms with E-state index >= 15 is 0 Å². The summed E-state index contributed by atoms with van der Waals surface area (Å²) >= 11 is 4.95. The van der Waals surface area contributed by atoms with E-state index in [9.17, 15) is 9.59 Å². The first kappa shape index (κ1) is 16.4. The molecule has 1 aromatic heterocycles. The van der Waals surface area contributed by atoms with E-state index in [4.69, 9.17) is 17.0 Å². The summed E-state index contributed by atoms with van der Waals surface area (Å²) in [5.41, 5.74) is 1.59. The summed E-state index contributed by atoms with van der Waals surface area (Å²) in [6.07, 6.45) is 3.57. The number of fused-ring (bicyclic) bond motifs is 2. The lowest BCUT2D eigenvalue weighted by Gasteiger charge is -2.19. The molecule has 1 amide bonds. The van der Waals surface area contributed by atoms with Gasteiger partial charge in [0, 0.05) is 24.1 Å². The van der Waals surface area contributed by atoms with Gasteiger partial charge in [0.25, 0.3) is 11.5 Å². The first-order valence-corrected chi connectivity index (χ1v) is 8.43. The number of carbonyl (C=O) groups is 1. The van der Waals surface area contributed by atoms with Crippen molar-refractivity contribution in [1.29, 1.82) is 0 Å². The third-order valence-electron chi connectivity index (χ3n) is 3.97. The molecule has 0 atom stereocenters. The van der Waals surface area contributed by atoms with Crippen LogP contribution in [0.3, 0.4) is 0 Å². The van der Waals surface area contributed by atoms with Gasteiger partial charge >= 0.3 is 0 Å². The molecule has 1 aliphatic heterocycles. The van der Waals surface area contributed by atoms with E-state index in [0.29, 0.717) is 35.7 Å². The summed E-state index contributed by atoms with van der Waals surface area (Å²) in [5.74, 6) is 0.885. The van der Waals surface area contributed by atoms with Gasteiger partial charge in [-0.15, -0.1) is 0 Å². The Hall–Kier alpha value is -2.41. The molecule has 0 saturated carbocycles. The van der Waals surface area contributed by atoms with E-state index in [0.717, 1.165) is 24.8 Å². The summed E-state index contributed by atoms with van der Waals surface area (Å²) in [5, 5.41) is 2.91. The van der Waals surface area contributed by atoms with E-state index in [-0.39, 0.29) is 16.2 Å². The summed E-state index contributed by atoms with van der Waals surface area (Å²) in [6.45, 7) is 2.79. The lowest BCUT2D eigenvalue weighted by molar-refractivity contribution is 0.0953. The lowest BCUT2D eigenvalue weighted by Crippen LogP contribution is -2.25. The highest BCUT2D eigenvalue weighted by molar-refractivity contribution is 7.71. The molecule has 0 saturated heterocycles. The van der Waals surface area contributed by atoms with Gasteiger partial charge in [-0.3, -0.25) is 14.6 Å². The minimum absolute atomic E-state index is 0.110. The Kier molecular flexibility index (Phi) is 4.80. The Balaban J connectivity index is 1.79. The summed E-state index contributed by atoms with van der Waals surface area (Å²) in [6, 6.07) is 5.24. The van der Waals surface area contributed by atoms with Gasteiger partial charge < -0.3 is 15.0 Å². The van der Waals surface area contributed by atoms with Crippen LogP contribution in [0.2, 0.25) is 0 Å². The molecule has 0 radical (unpaired) electrons. The molecular weight excluding hydrogens is 326 g/mol. The Bertz CT molecular complexity index is 885. The zero-order chi connectivity index (χ0) is 17.1. The van der Waals surface area contributed by atoms with Crippen LogP contribution in [-0.4, -0.2) is 22.4 Å². The second-order valence-electron chi connectivity index (χ2n) is 5.78. The van der Waals surface area contributed by atoms with Crippen molar-refractivity contribution < 1.29 is 9.53 Å². The Morgan fingerprint density at radius 1 is 1.33 bits per heavy atom. The fourth-order valence-corrected chi connectivity index (χ4v) is 2.86. The predicted octanol–water partition coefficient (Wildman–Crippen LogP) is 3.05. The molecule has 7 heteroatoms. The summed E-state index contributed by atoms with van der Waals surface area (Å²) in [4.78, 5) is 29.6. The van der Waals surface area contributed by atoms with E-state index in [1.165, 1.54) is 0 Å². The molecule has 0 fully saturated rings. The van der Waals surface area contributed by atoms with E-state index in [2.05, 4.69) is 22.2 Å². The van der Waals surface area contributed by atoms with Crippen LogP contribution < -0.4 is 15.6 Å². The van der Waals surface area contributed by atoms with Crippen LogP contribution >= 0.6 is 12.2 Å². The molecule has 24 heavy (non-hydrogen) atoms. The van der Waals surface area contributed by atoms with Gasteiger partial charge in [0.2, 0.25) is 5.88 Å². The Labute approximate surface area is 144 Å². The van der Waals surface area contributed by atoms with Gasteiger partial charge in [-0.05, 0) is 36.8 Å². The molecule has 2 aromatic rings. The average Bonchev–Trinajstić information content (AvgIpc) is 2.56. The quantitative estimate of drug-likeness (QED) is 0.490. The topological polar surface area (TPSA) is 87.0 Å². The van der Waals surface area contributed by atoms with Crippen molar-refractivity contribution in [2.75, 3.05) is 6.54 Å². The number of benzene rings is 1. The van der Waals surface area contributed by atoms with Crippen LogP contribution in [0, 0.1) is 4.77 Å². The van der Waals surface area contributed by atoms with Gasteiger partial charge in [0.1, 0.15) is 5.75 Å². The van der Waals surface area contributed by atoms with Crippen LogP contribution in [-0.2, 0) is 6.42 Å². The maximum Gasteiger partial charge on any atom is 0.259 e. The normalized spacial score (nSPS) is 12.0. The fraction of sp³-hybridized carbons (Fsp3) is 0.353. The molecule has 0 bridgehead atoms. The monoisotopic (exact) mass is 345 g/mol. The number of rotatable bonds is 5. The van der Waals surface area contributed by atoms with Crippen LogP contribution in [0.25, 0.3) is 0 Å². The molecule has 3 N–H and O–H groups in total. The second-order valence-corrected chi connectivity index (χ2v) is 6.19. The average molecular weight is 345 g/mol. The smallest absolute Gasteiger partial charge is 0.259 e. The zero-order valence-corrected chi connectivity index (χ0v) is 14.2. The maximum absolute atomic E-state index is 12.2. The van der Waals surface area contributed by atoms with E-state index in [1.54, 1.807) is 18.2 Å². The van der Waals surface area contributed by atoms with Gasteiger partial charge in [-0.2, -0.15) is 0 Å². The molecule has 0 spiro atoms. The van der Waals surface area contributed by atoms with Crippen molar-refractivity contribution in [2.24, 2.45) is 0 Å². The van der Waals surface area contributed by atoms with Crippen molar-refractivity contribution in [3.8, 4) is 11.6 Å². The number of aromatic amines is 2. The van der Waals surface area contributed by atoms with Gasteiger partial charge in [0.05, 0.1) is 5.56 Å². The van der Waals surface area contributed by atoms with Gasteiger partial charge in [0.15, 0.2) is 4.77 Å². The summed E-state index contributed by atoms with van der Waals surface area (Å²) < 4.78 is 5.94. The fourth-order valence-electron chi connectivity index (χ4n) is 2.68. The van der Waals surface area contributed by atoms with E-state index in [1.807, 2.05) is 0 Å². The Morgan fingerprint density at radius 3 is 2.96 bits per heavy atom. The van der Waals surface area contributed by atoms with Gasteiger partial charge in [-0.25, -0.2) is 0 Å². The molecule has 126 valence electrons. The highest BCUT2D eigenvalue weighted by atomic mass is 32.1.